The Hall–Kier alpha value is -3.41. The van der Waals surface area contributed by atoms with E-state index in [4.69, 9.17) is 0 Å². The van der Waals surface area contributed by atoms with Crippen LogP contribution in [-0.4, -0.2) is 28.6 Å². The number of carbonyl (C=O) groups excluding carboxylic acids is 2. The first-order chi connectivity index (χ1) is 13.0. The summed E-state index contributed by atoms with van der Waals surface area (Å²) >= 11 is 0. The standard InChI is InChI=1S/C21H22N4O2/c1-16-14-22-25(15-16)12-11-20(26)23-18-8-6-7-17(13-18)21(27)24(2)19-9-4-3-5-10-19/h3-10,13-15H,11-12H2,1-2H3,(H,23,26). The van der Waals surface area contributed by atoms with Crippen LogP contribution >= 0.6 is 0 Å². The van der Waals surface area contributed by atoms with Crippen LogP contribution in [0.3, 0.4) is 0 Å². The first kappa shape index (κ1) is 18.4. The average molecular weight is 362 g/mol. The number of carbonyl (C=O) groups is 2. The molecule has 3 aromatic rings. The van der Waals surface area contributed by atoms with Gasteiger partial charge in [0.15, 0.2) is 0 Å². The molecule has 0 spiro atoms. The molecule has 1 heterocycles. The maximum Gasteiger partial charge on any atom is 0.258 e. The molecule has 3 rings (SSSR count). The maximum atomic E-state index is 12.7. The number of aromatic nitrogens is 2. The van der Waals surface area contributed by atoms with E-state index in [-0.39, 0.29) is 11.8 Å². The Labute approximate surface area is 158 Å². The summed E-state index contributed by atoms with van der Waals surface area (Å²) in [6.07, 6.45) is 3.96. The van der Waals surface area contributed by atoms with Gasteiger partial charge in [-0.1, -0.05) is 24.3 Å². The molecular weight excluding hydrogens is 340 g/mol. The zero-order valence-electron chi connectivity index (χ0n) is 15.4. The highest BCUT2D eigenvalue weighted by Crippen LogP contribution is 2.17. The molecule has 2 amide bonds. The van der Waals surface area contributed by atoms with Crippen molar-refractivity contribution in [1.82, 2.24) is 9.78 Å². The molecule has 0 unspecified atom stereocenters. The van der Waals surface area contributed by atoms with Crippen LogP contribution < -0.4 is 10.2 Å². The van der Waals surface area contributed by atoms with Crippen molar-refractivity contribution in [2.24, 2.45) is 0 Å². The van der Waals surface area contributed by atoms with E-state index < -0.39 is 0 Å². The summed E-state index contributed by atoms with van der Waals surface area (Å²) in [4.78, 5) is 26.5. The van der Waals surface area contributed by atoms with Crippen molar-refractivity contribution >= 4 is 23.2 Å². The fourth-order valence-electron chi connectivity index (χ4n) is 2.72. The summed E-state index contributed by atoms with van der Waals surface area (Å²) in [5.41, 5.74) is 2.99. The molecule has 0 saturated carbocycles. The first-order valence-electron chi connectivity index (χ1n) is 8.75. The smallest absolute Gasteiger partial charge is 0.258 e. The summed E-state index contributed by atoms with van der Waals surface area (Å²) in [6, 6.07) is 16.4. The van der Waals surface area contributed by atoms with Crippen molar-refractivity contribution in [3.63, 3.8) is 0 Å². The fraction of sp³-hybridized carbons (Fsp3) is 0.190. The van der Waals surface area contributed by atoms with Gasteiger partial charge in [0.2, 0.25) is 5.91 Å². The number of rotatable bonds is 6. The van der Waals surface area contributed by atoms with Gasteiger partial charge in [0.1, 0.15) is 0 Å². The summed E-state index contributed by atoms with van der Waals surface area (Å²) in [7, 11) is 1.73. The molecule has 0 atom stereocenters. The van der Waals surface area contributed by atoms with Crippen molar-refractivity contribution < 1.29 is 9.59 Å². The first-order valence-corrected chi connectivity index (χ1v) is 8.75. The molecule has 6 heteroatoms. The van der Waals surface area contributed by atoms with Crippen molar-refractivity contribution in [2.45, 2.75) is 19.9 Å². The van der Waals surface area contributed by atoms with Gasteiger partial charge in [-0.25, -0.2) is 0 Å². The number of nitrogens with zero attached hydrogens (tertiary/aromatic N) is 3. The minimum absolute atomic E-state index is 0.121. The highest BCUT2D eigenvalue weighted by atomic mass is 16.2. The fourth-order valence-corrected chi connectivity index (χ4v) is 2.72. The lowest BCUT2D eigenvalue weighted by atomic mass is 10.1. The van der Waals surface area contributed by atoms with Crippen LogP contribution in [0, 0.1) is 6.92 Å². The normalized spacial score (nSPS) is 10.4. The van der Waals surface area contributed by atoms with Crippen LogP contribution in [0.25, 0.3) is 0 Å². The molecule has 27 heavy (non-hydrogen) atoms. The van der Waals surface area contributed by atoms with E-state index >= 15 is 0 Å². The number of hydrogen-bond acceptors (Lipinski definition) is 3. The van der Waals surface area contributed by atoms with Crippen LogP contribution in [0.4, 0.5) is 11.4 Å². The van der Waals surface area contributed by atoms with Crippen LogP contribution in [-0.2, 0) is 11.3 Å². The summed E-state index contributed by atoms with van der Waals surface area (Å²) in [5, 5.41) is 7.01. The van der Waals surface area contributed by atoms with E-state index in [1.165, 1.54) is 0 Å². The maximum absolute atomic E-state index is 12.7. The molecule has 1 N–H and O–H groups in total. The van der Waals surface area contributed by atoms with Gasteiger partial charge in [0.05, 0.1) is 6.20 Å². The van der Waals surface area contributed by atoms with Gasteiger partial charge in [-0.15, -0.1) is 0 Å². The van der Waals surface area contributed by atoms with Gasteiger partial charge in [-0.2, -0.15) is 5.10 Å². The lowest BCUT2D eigenvalue weighted by molar-refractivity contribution is -0.116. The molecule has 1 aromatic heterocycles. The molecule has 6 nitrogen and oxygen atoms in total. The van der Waals surface area contributed by atoms with Gasteiger partial charge in [-0.3, -0.25) is 14.3 Å². The Bertz CT molecular complexity index is 934. The van der Waals surface area contributed by atoms with E-state index in [1.807, 2.05) is 43.5 Å². The zero-order valence-corrected chi connectivity index (χ0v) is 15.4. The van der Waals surface area contributed by atoms with E-state index in [9.17, 15) is 9.59 Å². The second-order valence-corrected chi connectivity index (χ2v) is 6.36. The van der Waals surface area contributed by atoms with E-state index in [1.54, 1.807) is 47.1 Å². The monoisotopic (exact) mass is 362 g/mol. The third-order valence-electron chi connectivity index (χ3n) is 4.17. The Kier molecular flexibility index (Phi) is 5.66. The minimum Gasteiger partial charge on any atom is -0.326 e. The van der Waals surface area contributed by atoms with Crippen LogP contribution in [0.2, 0.25) is 0 Å². The Morgan fingerprint density at radius 2 is 1.89 bits per heavy atom. The number of aryl methyl sites for hydroxylation is 2. The lowest BCUT2D eigenvalue weighted by Crippen LogP contribution is -2.26. The third kappa shape index (κ3) is 4.82. The molecular formula is C21H22N4O2. The van der Waals surface area contributed by atoms with Gasteiger partial charge in [0, 0.05) is 43.1 Å². The Balaban J connectivity index is 1.62. The molecule has 0 bridgehead atoms. The number of nitrogens with one attached hydrogen (secondary N) is 1. The van der Waals surface area contributed by atoms with E-state index in [2.05, 4.69) is 10.4 Å². The molecule has 0 aliphatic carbocycles. The van der Waals surface area contributed by atoms with Crippen LogP contribution in [0.15, 0.2) is 67.0 Å². The number of anilines is 2. The number of hydrogen-bond donors (Lipinski definition) is 1. The molecule has 0 saturated heterocycles. The van der Waals surface area contributed by atoms with Crippen molar-refractivity contribution in [3.8, 4) is 0 Å². The Morgan fingerprint density at radius 1 is 1.11 bits per heavy atom. The summed E-state index contributed by atoms with van der Waals surface area (Å²) < 4.78 is 1.74. The topological polar surface area (TPSA) is 67.2 Å². The molecule has 2 aromatic carbocycles. The highest BCUT2D eigenvalue weighted by molar-refractivity contribution is 6.06. The molecule has 0 aliphatic heterocycles. The molecule has 138 valence electrons. The van der Waals surface area contributed by atoms with Crippen LogP contribution in [0.1, 0.15) is 22.3 Å². The number of amides is 2. The van der Waals surface area contributed by atoms with Gasteiger partial charge < -0.3 is 10.2 Å². The Morgan fingerprint density at radius 3 is 2.59 bits per heavy atom. The number of benzene rings is 2. The lowest BCUT2D eigenvalue weighted by Gasteiger charge is -2.17. The van der Waals surface area contributed by atoms with E-state index in [0.717, 1.165) is 11.3 Å². The highest BCUT2D eigenvalue weighted by Gasteiger charge is 2.14. The number of para-hydroxylation sites is 1. The summed E-state index contributed by atoms with van der Waals surface area (Å²) in [6.45, 7) is 2.47. The van der Waals surface area contributed by atoms with E-state index in [0.29, 0.717) is 24.2 Å². The second-order valence-electron chi connectivity index (χ2n) is 6.36. The zero-order chi connectivity index (χ0) is 19.2. The predicted octanol–water partition coefficient (Wildman–Crippen LogP) is 3.50. The quantitative estimate of drug-likeness (QED) is 0.730. The SMILES string of the molecule is Cc1cnn(CCC(=O)Nc2cccc(C(=O)N(C)c3ccccc3)c2)c1. The van der Waals surface area contributed by atoms with Crippen molar-refractivity contribution in [1.29, 1.82) is 0 Å². The second kappa shape index (κ2) is 8.31. The molecule has 0 radical (unpaired) electrons. The molecule has 0 fully saturated rings. The van der Waals surface area contributed by atoms with Crippen molar-refractivity contribution in [3.05, 3.63) is 78.1 Å². The predicted molar refractivity (Wildman–Crippen MR) is 106 cm³/mol. The minimum atomic E-state index is -0.135. The van der Waals surface area contributed by atoms with Gasteiger partial charge >= 0.3 is 0 Å². The average Bonchev–Trinajstić information content (AvgIpc) is 3.11. The van der Waals surface area contributed by atoms with Crippen LogP contribution in [0.5, 0.6) is 0 Å². The summed E-state index contributed by atoms with van der Waals surface area (Å²) in [5.74, 6) is -0.256. The molecule has 0 aliphatic rings. The van der Waals surface area contributed by atoms with Gasteiger partial charge in [-0.05, 0) is 42.8 Å². The largest absolute Gasteiger partial charge is 0.326 e. The van der Waals surface area contributed by atoms with Crippen molar-refractivity contribution in [2.75, 3.05) is 17.3 Å². The van der Waals surface area contributed by atoms with Gasteiger partial charge in [0.25, 0.3) is 5.91 Å². The third-order valence-corrected chi connectivity index (χ3v) is 4.17.